The Morgan fingerprint density at radius 2 is 1.54 bits per heavy atom. The molecule has 0 N–H and O–H groups in total. The van der Waals surface area contributed by atoms with E-state index in [0.29, 0.717) is 5.92 Å². The predicted molar refractivity (Wildman–Crippen MR) is 103 cm³/mol. The molecule has 0 aromatic heterocycles. The van der Waals surface area contributed by atoms with Crippen LogP contribution < -0.4 is 0 Å². The summed E-state index contributed by atoms with van der Waals surface area (Å²) in [6, 6.07) is 10.1. The molecule has 0 aliphatic heterocycles. The molecular weight excluding hydrogens is 364 g/mol. The molecule has 0 heterocycles. The maximum Gasteiger partial charge on any atom is 0.277 e. The minimum Gasteiger partial charge on any atom is -0.204 e. The van der Waals surface area contributed by atoms with Gasteiger partial charge in [0.15, 0.2) is 11.6 Å². The zero-order chi connectivity index (χ0) is 19.9. The molecule has 1 saturated carbocycles. The summed E-state index contributed by atoms with van der Waals surface area (Å²) in [5.74, 6) is -5.20. The van der Waals surface area contributed by atoms with Crippen LogP contribution in [0.3, 0.4) is 0 Å². The molecule has 1 fully saturated rings. The summed E-state index contributed by atoms with van der Waals surface area (Å²) in [6.45, 7) is 2.23. The third-order valence-corrected chi connectivity index (χ3v) is 6.68. The molecule has 28 heavy (non-hydrogen) atoms. The Morgan fingerprint density at radius 1 is 0.893 bits per heavy atom. The lowest BCUT2D eigenvalue weighted by molar-refractivity contribution is -0.00825. The largest absolute Gasteiger partial charge is 0.277 e. The fraction of sp³-hybridized carbons (Fsp3) is 0.500. The molecule has 150 valence electrons. The number of alkyl halides is 2. The number of fused-ring (bicyclic) bond motifs is 1. The summed E-state index contributed by atoms with van der Waals surface area (Å²) in [4.78, 5) is 0. The minimum atomic E-state index is -3.34. The van der Waals surface area contributed by atoms with E-state index in [4.69, 9.17) is 0 Å². The molecule has 4 heteroatoms. The van der Waals surface area contributed by atoms with Crippen LogP contribution in [0.25, 0.3) is 0 Å². The van der Waals surface area contributed by atoms with E-state index in [2.05, 4.69) is 6.92 Å². The van der Waals surface area contributed by atoms with E-state index in [1.165, 1.54) is 50.2 Å². The highest BCUT2D eigenvalue weighted by Crippen LogP contribution is 2.52. The van der Waals surface area contributed by atoms with Gasteiger partial charge in [-0.3, -0.25) is 0 Å². The van der Waals surface area contributed by atoms with Crippen molar-refractivity contribution in [2.24, 2.45) is 5.92 Å². The maximum absolute atomic E-state index is 14.4. The Hall–Kier alpha value is -1.84. The zero-order valence-corrected chi connectivity index (χ0v) is 16.2. The summed E-state index contributed by atoms with van der Waals surface area (Å²) in [5, 5.41) is 0. The molecule has 1 unspecified atom stereocenters. The van der Waals surface area contributed by atoms with E-state index in [-0.39, 0.29) is 5.56 Å². The minimum absolute atomic E-state index is 0.205. The van der Waals surface area contributed by atoms with Gasteiger partial charge in [-0.05, 0) is 60.3 Å². The Bertz CT molecular complexity index is 832. The van der Waals surface area contributed by atoms with Gasteiger partial charge in [0, 0.05) is 12.3 Å². The highest BCUT2D eigenvalue weighted by Gasteiger charge is 2.48. The van der Waals surface area contributed by atoms with Crippen molar-refractivity contribution in [3.05, 3.63) is 70.3 Å². The third kappa shape index (κ3) is 3.46. The van der Waals surface area contributed by atoms with Crippen LogP contribution in [0, 0.1) is 17.6 Å². The van der Waals surface area contributed by atoms with E-state index in [0.717, 1.165) is 17.5 Å². The average Bonchev–Trinajstić information content (AvgIpc) is 2.97. The lowest BCUT2D eigenvalue weighted by Crippen LogP contribution is -2.13. The van der Waals surface area contributed by atoms with Crippen molar-refractivity contribution in [1.29, 1.82) is 0 Å². The van der Waals surface area contributed by atoms with Crippen molar-refractivity contribution >= 4 is 0 Å². The van der Waals surface area contributed by atoms with Gasteiger partial charge < -0.3 is 0 Å². The first-order valence-corrected chi connectivity index (χ1v) is 10.4. The summed E-state index contributed by atoms with van der Waals surface area (Å²) in [6.07, 6.45) is 6.91. The summed E-state index contributed by atoms with van der Waals surface area (Å²) < 4.78 is 56.3. The van der Waals surface area contributed by atoms with Crippen molar-refractivity contribution < 1.29 is 17.6 Å². The highest BCUT2D eigenvalue weighted by molar-refractivity contribution is 5.46. The topological polar surface area (TPSA) is 0 Å². The smallest absolute Gasteiger partial charge is 0.204 e. The van der Waals surface area contributed by atoms with Crippen LogP contribution in [0.4, 0.5) is 17.6 Å². The van der Waals surface area contributed by atoms with E-state index >= 15 is 0 Å². The second-order valence-corrected chi connectivity index (χ2v) is 8.46. The summed E-state index contributed by atoms with van der Waals surface area (Å²) in [5.41, 5.74) is 1.44. The monoisotopic (exact) mass is 390 g/mol. The third-order valence-electron chi connectivity index (χ3n) is 6.68. The van der Waals surface area contributed by atoms with Crippen molar-refractivity contribution in [2.45, 2.75) is 69.6 Å². The molecule has 0 saturated heterocycles. The Morgan fingerprint density at radius 3 is 2.18 bits per heavy atom. The van der Waals surface area contributed by atoms with Crippen LogP contribution in [0.5, 0.6) is 0 Å². The van der Waals surface area contributed by atoms with Crippen molar-refractivity contribution in [3.8, 4) is 0 Å². The number of hydrogen-bond acceptors (Lipinski definition) is 0. The average molecular weight is 390 g/mol. The van der Waals surface area contributed by atoms with Crippen molar-refractivity contribution in [2.75, 3.05) is 0 Å². The molecule has 1 atom stereocenters. The van der Waals surface area contributed by atoms with E-state index < -0.39 is 35.5 Å². The van der Waals surface area contributed by atoms with Crippen LogP contribution in [0.2, 0.25) is 0 Å². The Kier molecular flexibility index (Phi) is 5.24. The van der Waals surface area contributed by atoms with Gasteiger partial charge >= 0.3 is 0 Å². The molecule has 0 radical (unpaired) electrons. The first-order chi connectivity index (χ1) is 13.4. The quantitative estimate of drug-likeness (QED) is 0.470. The molecule has 0 nitrogen and oxygen atoms in total. The maximum atomic E-state index is 14.4. The van der Waals surface area contributed by atoms with E-state index in [1.54, 1.807) is 0 Å². The van der Waals surface area contributed by atoms with Gasteiger partial charge in [0.25, 0.3) is 5.92 Å². The van der Waals surface area contributed by atoms with Gasteiger partial charge in [-0.1, -0.05) is 50.1 Å². The molecular formula is C24H26F4. The van der Waals surface area contributed by atoms with Crippen LogP contribution in [-0.4, -0.2) is 0 Å². The Balaban J connectivity index is 1.54. The molecule has 2 aromatic carbocycles. The molecule has 2 aromatic rings. The van der Waals surface area contributed by atoms with Crippen LogP contribution >= 0.6 is 0 Å². The molecule has 0 spiro atoms. The summed E-state index contributed by atoms with van der Waals surface area (Å²) >= 11 is 0. The lowest BCUT2D eigenvalue weighted by atomic mass is 9.77. The molecule has 0 amide bonds. The lowest BCUT2D eigenvalue weighted by Gasteiger charge is -2.28. The number of benzene rings is 2. The first kappa shape index (κ1) is 19.5. The predicted octanol–water partition coefficient (Wildman–Crippen LogP) is 7.67. The first-order valence-electron chi connectivity index (χ1n) is 10.4. The van der Waals surface area contributed by atoms with Gasteiger partial charge in [0.05, 0.1) is 5.56 Å². The number of hydrogen-bond donors (Lipinski definition) is 0. The molecule has 2 aliphatic carbocycles. The van der Waals surface area contributed by atoms with Gasteiger partial charge in [0.2, 0.25) is 0 Å². The normalized spacial score (nSPS) is 26.2. The number of halogens is 4. The second kappa shape index (κ2) is 7.53. The molecule has 4 rings (SSSR count). The van der Waals surface area contributed by atoms with E-state index in [9.17, 15) is 17.6 Å². The van der Waals surface area contributed by atoms with Crippen LogP contribution in [0.15, 0.2) is 36.4 Å². The summed E-state index contributed by atoms with van der Waals surface area (Å²) in [7, 11) is 0. The second-order valence-electron chi connectivity index (χ2n) is 8.46. The van der Waals surface area contributed by atoms with Gasteiger partial charge in [0.1, 0.15) is 0 Å². The fourth-order valence-corrected chi connectivity index (χ4v) is 5.19. The zero-order valence-electron chi connectivity index (χ0n) is 16.2. The van der Waals surface area contributed by atoms with E-state index in [1.807, 2.05) is 24.3 Å². The number of rotatable bonds is 4. The van der Waals surface area contributed by atoms with Crippen LogP contribution in [-0.2, 0) is 5.92 Å². The standard InChI is InChI=1S/C24H26F4/c1-2-3-15-4-6-16(7-5-15)17-8-10-18(11-9-17)20-14-24(27,28)22-19(20)12-13-21(25)23(22)26/h8-13,15-16,20H,2-7,14H2,1H3. The van der Waals surface area contributed by atoms with Crippen molar-refractivity contribution in [3.63, 3.8) is 0 Å². The molecule has 2 aliphatic rings. The fourth-order valence-electron chi connectivity index (χ4n) is 5.19. The van der Waals surface area contributed by atoms with Crippen molar-refractivity contribution in [1.82, 2.24) is 0 Å². The van der Waals surface area contributed by atoms with Gasteiger partial charge in [-0.15, -0.1) is 0 Å². The molecule has 0 bridgehead atoms. The van der Waals surface area contributed by atoms with Gasteiger partial charge in [-0.2, -0.15) is 0 Å². The van der Waals surface area contributed by atoms with Crippen LogP contribution in [0.1, 0.15) is 86.0 Å². The Labute approximate surface area is 164 Å². The SMILES string of the molecule is CCCC1CCC(c2ccc(C3CC(F)(F)c4c3ccc(F)c4F)cc2)CC1. The van der Waals surface area contributed by atoms with Gasteiger partial charge in [-0.25, -0.2) is 17.6 Å². The highest BCUT2D eigenvalue weighted by atomic mass is 19.3.